The SMILES string of the molecule is CNC(=O)CC(NS(=O)(=O)CNc1cc(OC(F)(F)F)ccc1N)c1cccc(C(F)(F)F)c1. The molecule has 0 radical (unpaired) electrons. The molecule has 2 aromatic rings. The number of nitrogens with two attached hydrogens (primary N) is 1. The van der Waals surface area contributed by atoms with Gasteiger partial charge in [0.2, 0.25) is 15.9 Å². The van der Waals surface area contributed by atoms with E-state index in [0.717, 1.165) is 30.3 Å². The molecule has 0 heterocycles. The number of amides is 1. The van der Waals surface area contributed by atoms with Gasteiger partial charge in [0.1, 0.15) is 11.6 Å². The minimum atomic E-state index is -4.99. The number of nitrogen functional groups attached to an aromatic ring is 1. The van der Waals surface area contributed by atoms with Crippen LogP contribution in [-0.4, -0.2) is 33.6 Å². The number of nitrogens with one attached hydrogen (secondary N) is 3. The highest BCUT2D eigenvalue weighted by Gasteiger charge is 2.32. The highest BCUT2D eigenvalue weighted by atomic mass is 32.2. The largest absolute Gasteiger partial charge is 0.573 e. The molecule has 0 aliphatic rings. The number of benzene rings is 2. The summed E-state index contributed by atoms with van der Waals surface area (Å²) in [4.78, 5) is 11.8. The summed E-state index contributed by atoms with van der Waals surface area (Å²) in [6.45, 7) is 0. The molecule has 0 fully saturated rings. The van der Waals surface area contributed by atoms with Crippen LogP contribution in [0.25, 0.3) is 0 Å². The Bertz CT molecular complexity index is 1120. The van der Waals surface area contributed by atoms with Crippen LogP contribution in [0.15, 0.2) is 42.5 Å². The van der Waals surface area contributed by atoms with E-state index >= 15 is 0 Å². The Labute approximate surface area is 190 Å². The molecule has 0 aliphatic carbocycles. The van der Waals surface area contributed by atoms with Crippen molar-refractivity contribution in [2.75, 3.05) is 24.0 Å². The predicted octanol–water partition coefficient (Wildman–Crippen LogP) is 3.35. The van der Waals surface area contributed by atoms with Crippen molar-refractivity contribution in [1.29, 1.82) is 0 Å². The molecule has 5 N–H and O–H groups in total. The van der Waals surface area contributed by atoms with Crippen LogP contribution < -0.4 is 25.8 Å². The number of halogens is 6. The Morgan fingerprint density at radius 2 is 1.76 bits per heavy atom. The monoisotopic (exact) mass is 514 g/mol. The molecule has 0 saturated heterocycles. The Morgan fingerprint density at radius 3 is 2.35 bits per heavy atom. The lowest BCUT2D eigenvalue weighted by Crippen LogP contribution is -2.36. The summed E-state index contributed by atoms with van der Waals surface area (Å²) >= 11 is 0. The lowest BCUT2D eigenvalue weighted by Gasteiger charge is -2.20. The highest BCUT2D eigenvalue weighted by Crippen LogP contribution is 2.32. The fourth-order valence-corrected chi connectivity index (χ4v) is 3.85. The Balaban J connectivity index is 2.24. The van der Waals surface area contributed by atoms with E-state index in [1.165, 1.54) is 13.1 Å². The van der Waals surface area contributed by atoms with E-state index in [1.54, 1.807) is 0 Å². The molecule has 1 amide bonds. The van der Waals surface area contributed by atoms with Crippen LogP contribution in [0.3, 0.4) is 0 Å². The standard InChI is InChI=1S/C19H20F6N4O4S/c1-27-17(30)9-15(11-3-2-4-12(7-11)18(20,21)22)29-34(31,32)10-28-16-8-13(5-6-14(16)26)33-19(23,24)25/h2-8,15,28-29H,9-10,26H2,1H3,(H,27,30). The molecule has 0 spiro atoms. The molecular weight excluding hydrogens is 494 g/mol. The number of carbonyl (C=O) groups excluding carboxylic acids is 1. The molecule has 188 valence electrons. The van der Waals surface area contributed by atoms with Crippen LogP contribution in [0.1, 0.15) is 23.6 Å². The quantitative estimate of drug-likeness (QED) is 0.301. The fourth-order valence-electron chi connectivity index (χ4n) is 2.76. The van der Waals surface area contributed by atoms with E-state index in [2.05, 4.69) is 20.1 Å². The lowest BCUT2D eigenvalue weighted by molar-refractivity contribution is -0.274. The zero-order valence-corrected chi connectivity index (χ0v) is 18.2. The van der Waals surface area contributed by atoms with Crippen molar-refractivity contribution in [2.45, 2.75) is 25.0 Å². The van der Waals surface area contributed by atoms with Gasteiger partial charge >= 0.3 is 12.5 Å². The number of anilines is 2. The number of hydrogen-bond donors (Lipinski definition) is 4. The summed E-state index contributed by atoms with van der Waals surface area (Å²) in [5.74, 6) is -2.23. The minimum absolute atomic E-state index is 0.0930. The molecular formula is C19H20F6N4O4S. The molecule has 34 heavy (non-hydrogen) atoms. The smallest absolute Gasteiger partial charge is 0.406 e. The van der Waals surface area contributed by atoms with E-state index < -0.39 is 58.1 Å². The van der Waals surface area contributed by atoms with Crippen molar-refractivity contribution in [3.05, 3.63) is 53.6 Å². The first-order chi connectivity index (χ1) is 15.6. The molecule has 8 nitrogen and oxygen atoms in total. The molecule has 15 heteroatoms. The van der Waals surface area contributed by atoms with E-state index in [-0.39, 0.29) is 16.9 Å². The van der Waals surface area contributed by atoms with Crippen molar-refractivity contribution in [2.24, 2.45) is 0 Å². The minimum Gasteiger partial charge on any atom is -0.406 e. The Hall–Kier alpha value is -3.20. The van der Waals surface area contributed by atoms with Crippen molar-refractivity contribution in [3.63, 3.8) is 0 Å². The van der Waals surface area contributed by atoms with Crippen LogP contribution in [0.5, 0.6) is 5.75 Å². The number of carbonyl (C=O) groups is 1. The van der Waals surface area contributed by atoms with E-state index in [0.29, 0.717) is 6.07 Å². The first kappa shape index (κ1) is 27.0. The third-order valence-electron chi connectivity index (χ3n) is 4.32. The van der Waals surface area contributed by atoms with Crippen molar-refractivity contribution in [3.8, 4) is 5.75 Å². The molecule has 1 unspecified atom stereocenters. The molecule has 0 aromatic heterocycles. The predicted molar refractivity (Wildman–Crippen MR) is 111 cm³/mol. The number of alkyl halides is 6. The zero-order valence-electron chi connectivity index (χ0n) is 17.4. The number of ether oxygens (including phenoxy) is 1. The van der Waals surface area contributed by atoms with Gasteiger partial charge in [-0.3, -0.25) is 4.79 Å². The average Bonchev–Trinajstić information content (AvgIpc) is 2.72. The van der Waals surface area contributed by atoms with Gasteiger partial charge in [-0.1, -0.05) is 12.1 Å². The first-order valence-corrected chi connectivity index (χ1v) is 11.0. The van der Waals surface area contributed by atoms with Crippen LogP contribution in [0.2, 0.25) is 0 Å². The Morgan fingerprint density at radius 1 is 1.09 bits per heavy atom. The Kier molecular flexibility index (Phi) is 8.26. The van der Waals surface area contributed by atoms with Gasteiger partial charge in [-0.25, -0.2) is 13.1 Å². The van der Waals surface area contributed by atoms with E-state index in [4.69, 9.17) is 5.73 Å². The second kappa shape index (κ2) is 10.4. The van der Waals surface area contributed by atoms with Gasteiger partial charge in [0.15, 0.2) is 0 Å². The maximum Gasteiger partial charge on any atom is 0.573 e. The van der Waals surface area contributed by atoms with Crippen molar-refractivity contribution >= 4 is 27.3 Å². The fraction of sp³-hybridized carbons (Fsp3) is 0.316. The van der Waals surface area contributed by atoms with Gasteiger partial charge in [-0.2, -0.15) is 13.2 Å². The molecule has 1 atom stereocenters. The van der Waals surface area contributed by atoms with Gasteiger partial charge in [-0.15, -0.1) is 13.2 Å². The van der Waals surface area contributed by atoms with Crippen LogP contribution in [0.4, 0.5) is 37.7 Å². The third kappa shape index (κ3) is 8.30. The maximum absolute atomic E-state index is 13.1. The normalized spacial score (nSPS) is 13.3. The number of hydrogen-bond acceptors (Lipinski definition) is 6. The van der Waals surface area contributed by atoms with Crippen molar-refractivity contribution in [1.82, 2.24) is 10.0 Å². The molecule has 0 aliphatic heterocycles. The second-order valence-electron chi connectivity index (χ2n) is 6.90. The summed E-state index contributed by atoms with van der Waals surface area (Å²) < 4.78 is 107. The summed E-state index contributed by atoms with van der Waals surface area (Å²) in [6, 6.07) is 5.21. The number of rotatable bonds is 9. The van der Waals surface area contributed by atoms with Gasteiger partial charge in [0.25, 0.3) is 0 Å². The highest BCUT2D eigenvalue weighted by molar-refractivity contribution is 7.89. The lowest BCUT2D eigenvalue weighted by atomic mass is 10.0. The average molecular weight is 514 g/mol. The summed E-state index contributed by atoms with van der Waals surface area (Å²) in [7, 11) is -3.07. The maximum atomic E-state index is 13.1. The van der Waals surface area contributed by atoms with Crippen LogP contribution in [-0.2, 0) is 21.0 Å². The molecule has 2 aromatic carbocycles. The van der Waals surface area contributed by atoms with Gasteiger partial charge in [0, 0.05) is 19.5 Å². The topological polar surface area (TPSA) is 123 Å². The van der Waals surface area contributed by atoms with Crippen LogP contribution in [0, 0.1) is 0 Å². The zero-order chi connectivity index (χ0) is 25.7. The first-order valence-electron chi connectivity index (χ1n) is 9.36. The van der Waals surface area contributed by atoms with Gasteiger partial charge < -0.3 is 21.1 Å². The van der Waals surface area contributed by atoms with Gasteiger partial charge in [0.05, 0.1) is 23.0 Å². The molecule has 0 bridgehead atoms. The number of sulfonamides is 1. The molecule has 0 saturated carbocycles. The summed E-state index contributed by atoms with van der Waals surface area (Å²) in [5.41, 5.74) is 4.18. The molecule has 2 rings (SSSR count). The second-order valence-corrected chi connectivity index (χ2v) is 8.66. The third-order valence-corrected chi connectivity index (χ3v) is 5.49. The van der Waals surface area contributed by atoms with E-state index in [9.17, 15) is 39.6 Å². The summed E-state index contributed by atoms with van der Waals surface area (Å²) in [5, 5.41) is 4.59. The van der Waals surface area contributed by atoms with Crippen LogP contribution >= 0.6 is 0 Å². The van der Waals surface area contributed by atoms with Crippen molar-refractivity contribution < 1.29 is 44.3 Å². The summed E-state index contributed by atoms with van der Waals surface area (Å²) in [6.07, 6.45) is -10.2. The van der Waals surface area contributed by atoms with Gasteiger partial charge in [-0.05, 0) is 29.8 Å². The van der Waals surface area contributed by atoms with E-state index in [1.807, 2.05) is 0 Å².